The van der Waals surface area contributed by atoms with Crippen LogP contribution in [0.15, 0.2) is 36.7 Å². The van der Waals surface area contributed by atoms with E-state index < -0.39 is 0 Å². The Bertz CT molecular complexity index is 745. The lowest BCUT2D eigenvalue weighted by Gasteiger charge is -2.46. The molecule has 1 saturated heterocycles. The Balaban J connectivity index is 1.45. The van der Waals surface area contributed by atoms with E-state index in [4.69, 9.17) is 9.72 Å². The topological polar surface area (TPSA) is 59.9 Å². The summed E-state index contributed by atoms with van der Waals surface area (Å²) >= 11 is 0. The third kappa shape index (κ3) is 4.19. The van der Waals surface area contributed by atoms with Gasteiger partial charge in [0.1, 0.15) is 0 Å². The first-order chi connectivity index (χ1) is 13.2. The van der Waals surface area contributed by atoms with E-state index in [1.54, 1.807) is 0 Å². The molecule has 2 aliphatic rings. The van der Waals surface area contributed by atoms with Crippen molar-refractivity contribution in [1.29, 1.82) is 0 Å². The van der Waals surface area contributed by atoms with Crippen LogP contribution in [-0.2, 0) is 16.7 Å². The van der Waals surface area contributed by atoms with Gasteiger partial charge in [-0.1, -0.05) is 18.9 Å². The van der Waals surface area contributed by atoms with Gasteiger partial charge in [0.2, 0.25) is 0 Å². The van der Waals surface area contributed by atoms with E-state index in [0.717, 1.165) is 44.7 Å². The third-order valence-electron chi connectivity index (χ3n) is 6.32. The normalized spacial score (nSPS) is 24.3. The van der Waals surface area contributed by atoms with E-state index in [1.807, 2.05) is 25.4 Å². The first kappa shape index (κ1) is 18.5. The monoisotopic (exact) mass is 366 g/mol. The number of nitrogens with zero attached hydrogens (tertiary/aromatic N) is 3. The Morgan fingerprint density at radius 1 is 1.19 bits per heavy atom. The second kappa shape index (κ2) is 8.03. The van der Waals surface area contributed by atoms with Gasteiger partial charge < -0.3 is 10.1 Å². The minimum Gasteiger partial charge on any atom is -0.375 e. The summed E-state index contributed by atoms with van der Waals surface area (Å²) in [6, 6.07) is 8.44. The molecular weight excluding hydrogens is 336 g/mol. The molecule has 5 heteroatoms. The molecule has 1 N–H and O–H groups in total. The molecule has 2 fully saturated rings. The molecule has 0 aromatic carbocycles. The molecule has 1 atom stereocenters. The highest BCUT2D eigenvalue weighted by molar-refractivity contribution is 5.21. The fourth-order valence-corrected chi connectivity index (χ4v) is 4.98. The van der Waals surface area contributed by atoms with Crippen molar-refractivity contribution in [3.05, 3.63) is 53.6 Å². The number of aryl methyl sites for hydroxylation is 1. The van der Waals surface area contributed by atoms with E-state index in [9.17, 15) is 0 Å². The van der Waals surface area contributed by atoms with Crippen molar-refractivity contribution < 1.29 is 4.74 Å². The van der Waals surface area contributed by atoms with Crippen LogP contribution >= 0.6 is 0 Å². The van der Waals surface area contributed by atoms with Crippen molar-refractivity contribution in [1.82, 2.24) is 20.5 Å². The third-order valence-corrected chi connectivity index (χ3v) is 6.32. The molecule has 27 heavy (non-hydrogen) atoms. The van der Waals surface area contributed by atoms with Crippen molar-refractivity contribution in [2.24, 2.45) is 0 Å². The maximum absolute atomic E-state index is 6.33. The number of rotatable bonds is 6. The quantitative estimate of drug-likeness (QED) is 0.790. The van der Waals surface area contributed by atoms with Crippen LogP contribution in [0.3, 0.4) is 0 Å². The summed E-state index contributed by atoms with van der Waals surface area (Å²) in [4.78, 5) is 4.78. The molecule has 0 bridgehead atoms. The van der Waals surface area contributed by atoms with Gasteiger partial charge in [0, 0.05) is 30.5 Å². The molecule has 0 amide bonds. The molecule has 144 valence electrons. The summed E-state index contributed by atoms with van der Waals surface area (Å²) in [6.45, 7) is 4.63. The minimum absolute atomic E-state index is 0.0852. The SMILES string of the molecule is Cc1cc(CNCC[C@]2(c3ccccn3)CCOC3(CCCC3)C2)cnn1. The predicted octanol–water partition coefficient (Wildman–Crippen LogP) is 3.72. The average molecular weight is 367 g/mol. The van der Waals surface area contributed by atoms with E-state index in [-0.39, 0.29) is 11.0 Å². The molecule has 4 rings (SSSR count). The molecule has 3 heterocycles. The first-order valence-electron chi connectivity index (χ1n) is 10.2. The maximum atomic E-state index is 6.33. The Morgan fingerprint density at radius 3 is 2.85 bits per heavy atom. The van der Waals surface area contributed by atoms with Crippen molar-refractivity contribution in [2.45, 2.75) is 69.4 Å². The van der Waals surface area contributed by atoms with Crippen LogP contribution in [0.5, 0.6) is 0 Å². The Hall–Kier alpha value is -1.85. The van der Waals surface area contributed by atoms with Gasteiger partial charge in [0.25, 0.3) is 0 Å². The standard InChI is InChI=1S/C22H30N4O/c1-18-14-19(16-25-26-18)15-23-12-9-21(20-6-2-5-11-24-20)10-13-27-22(17-21)7-3-4-8-22/h2,5-6,11,14,16,23H,3-4,7-10,12-13,15,17H2,1H3/t21-/m0/s1. The Kier molecular flexibility index (Phi) is 5.50. The number of aromatic nitrogens is 3. The smallest absolute Gasteiger partial charge is 0.0691 e. The van der Waals surface area contributed by atoms with Crippen LogP contribution in [0.4, 0.5) is 0 Å². The summed E-state index contributed by atoms with van der Waals surface area (Å²) in [5, 5.41) is 11.7. The summed E-state index contributed by atoms with van der Waals surface area (Å²) in [5.41, 5.74) is 3.59. The zero-order chi connectivity index (χ0) is 18.6. The first-order valence-corrected chi connectivity index (χ1v) is 10.2. The van der Waals surface area contributed by atoms with Crippen LogP contribution in [0.2, 0.25) is 0 Å². The number of ether oxygens (including phenoxy) is 1. The van der Waals surface area contributed by atoms with E-state index >= 15 is 0 Å². The Morgan fingerprint density at radius 2 is 2.07 bits per heavy atom. The minimum atomic E-state index is 0.0852. The molecule has 1 spiro atoms. The lowest BCUT2D eigenvalue weighted by molar-refractivity contribution is -0.104. The van der Waals surface area contributed by atoms with Gasteiger partial charge in [-0.25, -0.2) is 0 Å². The van der Waals surface area contributed by atoms with Gasteiger partial charge in [-0.2, -0.15) is 10.2 Å². The molecular formula is C22H30N4O. The van der Waals surface area contributed by atoms with Gasteiger partial charge in [-0.15, -0.1) is 0 Å². The molecule has 2 aromatic rings. The van der Waals surface area contributed by atoms with Gasteiger partial charge in [-0.3, -0.25) is 4.98 Å². The van der Waals surface area contributed by atoms with Crippen LogP contribution < -0.4 is 5.32 Å². The average Bonchev–Trinajstić information content (AvgIpc) is 3.13. The fourth-order valence-electron chi connectivity index (χ4n) is 4.98. The van der Waals surface area contributed by atoms with Crippen LogP contribution in [0.1, 0.15) is 61.9 Å². The van der Waals surface area contributed by atoms with E-state index in [2.05, 4.69) is 33.7 Å². The van der Waals surface area contributed by atoms with Crippen molar-refractivity contribution >= 4 is 0 Å². The molecule has 1 saturated carbocycles. The van der Waals surface area contributed by atoms with Crippen molar-refractivity contribution in [3.63, 3.8) is 0 Å². The maximum Gasteiger partial charge on any atom is 0.0691 e. The second-order valence-corrected chi connectivity index (χ2v) is 8.29. The molecule has 0 unspecified atom stereocenters. The number of hydrogen-bond acceptors (Lipinski definition) is 5. The van der Waals surface area contributed by atoms with E-state index in [1.165, 1.54) is 36.9 Å². The highest BCUT2D eigenvalue weighted by Gasteiger charge is 2.48. The predicted molar refractivity (Wildman–Crippen MR) is 105 cm³/mol. The Labute approximate surface area is 162 Å². The van der Waals surface area contributed by atoms with E-state index in [0.29, 0.717) is 0 Å². The summed E-state index contributed by atoms with van der Waals surface area (Å²) in [7, 11) is 0. The number of pyridine rings is 1. The van der Waals surface area contributed by atoms with Crippen LogP contribution in [0.25, 0.3) is 0 Å². The summed E-state index contributed by atoms with van der Waals surface area (Å²) in [5.74, 6) is 0. The highest BCUT2D eigenvalue weighted by Crippen LogP contribution is 2.49. The lowest BCUT2D eigenvalue weighted by atomic mass is 9.68. The highest BCUT2D eigenvalue weighted by atomic mass is 16.5. The van der Waals surface area contributed by atoms with Crippen LogP contribution in [0, 0.1) is 6.92 Å². The lowest BCUT2D eigenvalue weighted by Crippen LogP contribution is -2.47. The largest absolute Gasteiger partial charge is 0.375 e. The zero-order valence-electron chi connectivity index (χ0n) is 16.3. The van der Waals surface area contributed by atoms with Crippen LogP contribution in [-0.4, -0.2) is 33.9 Å². The fraction of sp³-hybridized carbons (Fsp3) is 0.591. The number of nitrogens with one attached hydrogen (secondary N) is 1. The molecule has 2 aromatic heterocycles. The van der Waals surface area contributed by atoms with Crippen molar-refractivity contribution in [3.8, 4) is 0 Å². The zero-order valence-corrected chi connectivity index (χ0v) is 16.3. The molecule has 5 nitrogen and oxygen atoms in total. The summed E-state index contributed by atoms with van der Waals surface area (Å²) in [6.07, 6.45) is 12.0. The van der Waals surface area contributed by atoms with Gasteiger partial charge >= 0.3 is 0 Å². The summed E-state index contributed by atoms with van der Waals surface area (Å²) < 4.78 is 6.33. The van der Waals surface area contributed by atoms with Crippen molar-refractivity contribution in [2.75, 3.05) is 13.2 Å². The van der Waals surface area contributed by atoms with Gasteiger partial charge in [0.05, 0.1) is 17.5 Å². The van der Waals surface area contributed by atoms with Gasteiger partial charge in [-0.05, 0) is 69.3 Å². The second-order valence-electron chi connectivity index (χ2n) is 8.29. The molecule has 1 aliphatic carbocycles. The van der Waals surface area contributed by atoms with Gasteiger partial charge in [0.15, 0.2) is 0 Å². The number of hydrogen-bond donors (Lipinski definition) is 1. The molecule has 1 aliphatic heterocycles. The molecule has 0 radical (unpaired) electrons.